The molecule has 25 heavy (non-hydrogen) atoms. The molecule has 0 aliphatic carbocycles. The molecule has 0 saturated carbocycles. The number of hydrogen-bond acceptors (Lipinski definition) is 5. The van der Waals surface area contributed by atoms with E-state index < -0.39 is 10.2 Å². The Hall–Kier alpha value is -1.77. The maximum Gasteiger partial charge on any atom is 0.282 e. The summed E-state index contributed by atoms with van der Waals surface area (Å²) in [6, 6.07) is 7.80. The van der Waals surface area contributed by atoms with Crippen molar-refractivity contribution in [3.8, 4) is 0 Å². The second-order valence-corrected chi connectivity index (χ2v) is 8.50. The Labute approximate surface area is 148 Å². The second-order valence-electron chi connectivity index (χ2n) is 6.57. The molecule has 2 saturated heterocycles. The highest BCUT2D eigenvalue weighted by Gasteiger charge is 2.32. The fourth-order valence-electron chi connectivity index (χ4n) is 3.54. The predicted molar refractivity (Wildman–Crippen MR) is 97.7 cm³/mol. The van der Waals surface area contributed by atoms with Crippen molar-refractivity contribution in [2.24, 2.45) is 0 Å². The fraction of sp³-hybridized carbons (Fsp3) is 0.529. The van der Waals surface area contributed by atoms with Crippen molar-refractivity contribution in [2.45, 2.75) is 19.3 Å². The van der Waals surface area contributed by atoms with Gasteiger partial charge in [0.15, 0.2) is 0 Å². The van der Waals surface area contributed by atoms with Gasteiger partial charge in [0.25, 0.3) is 10.2 Å². The van der Waals surface area contributed by atoms with Crippen molar-refractivity contribution >= 4 is 27.1 Å². The molecule has 3 heterocycles. The van der Waals surface area contributed by atoms with Crippen LogP contribution in [0.3, 0.4) is 0 Å². The Morgan fingerprint density at radius 2 is 1.48 bits per heavy atom. The highest BCUT2D eigenvalue weighted by Crippen LogP contribution is 2.21. The highest BCUT2D eigenvalue weighted by molar-refractivity contribution is 7.86. The van der Waals surface area contributed by atoms with Gasteiger partial charge in [-0.15, -0.1) is 0 Å². The number of anilines is 1. The molecule has 1 aromatic carbocycles. The molecule has 4 rings (SSSR count). The summed E-state index contributed by atoms with van der Waals surface area (Å²) in [7, 11) is -3.32. The van der Waals surface area contributed by atoms with Gasteiger partial charge in [-0.3, -0.25) is 4.98 Å². The Balaban J connectivity index is 1.50. The topological polar surface area (TPSA) is 69.6 Å². The van der Waals surface area contributed by atoms with Gasteiger partial charge in [0.1, 0.15) is 5.82 Å². The van der Waals surface area contributed by atoms with Gasteiger partial charge in [-0.2, -0.15) is 17.0 Å². The van der Waals surface area contributed by atoms with Crippen molar-refractivity contribution in [2.75, 3.05) is 44.2 Å². The Morgan fingerprint density at radius 3 is 2.28 bits per heavy atom. The fourth-order valence-corrected chi connectivity index (χ4v) is 5.25. The van der Waals surface area contributed by atoms with Crippen LogP contribution in [0.5, 0.6) is 0 Å². The van der Waals surface area contributed by atoms with Gasteiger partial charge in [0, 0.05) is 39.3 Å². The number of hydrogen-bond donors (Lipinski definition) is 0. The van der Waals surface area contributed by atoms with Crippen molar-refractivity contribution in [1.82, 2.24) is 18.6 Å². The summed E-state index contributed by atoms with van der Waals surface area (Å²) >= 11 is 0. The molecule has 0 unspecified atom stereocenters. The minimum absolute atomic E-state index is 0.493. The average Bonchev–Trinajstić information content (AvgIpc) is 3.06. The first-order valence-corrected chi connectivity index (χ1v) is 10.3. The van der Waals surface area contributed by atoms with Crippen LogP contribution < -0.4 is 4.90 Å². The molecule has 2 aliphatic heterocycles. The third-order valence-corrected chi connectivity index (χ3v) is 6.97. The molecule has 0 amide bonds. The first-order valence-electron chi connectivity index (χ1n) is 8.86. The number of aromatic nitrogens is 2. The first kappa shape index (κ1) is 16.7. The van der Waals surface area contributed by atoms with E-state index in [1.165, 1.54) is 0 Å². The third-order valence-electron chi connectivity index (χ3n) is 4.93. The number of fused-ring (bicyclic) bond motifs is 1. The smallest absolute Gasteiger partial charge is 0.282 e. The molecular formula is C17H23N5O2S. The molecule has 0 bridgehead atoms. The van der Waals surface area contributed by atoms with E-state index in [1.54, 1.807) is 14.8 Å². The Bertz CT molecular complexity index is 851. The van der Waals surface area contributed by atoms with Crippen LogP contribution in [0.2, 0.25) is 0 Å². The number of nitrogens with zero attached hydrogens (tertiary/aromatic N) is 5. The standard InChI is InChI=1S/C17H23N5O2S/c23-25(24,21-9-3-4-10-21)22-11-5-8-20(12-13-22)17-14-18-15-6-1-2-7-16(15)19-17/h1-2,6-7,14H,3-5,8-13H2. The monoisotopic (exact) mass is 361 g/mol. The van der Waals surface area contributed by atoms with Crippen LogP contribution in [-0.2, 0) is 10.2 Å². The molecule has 8 heteroatoms. The molecule has 7 nitrogen and oxygen atoms in total. The lowest BCUT2D eigenvalue weighted by Crippen LogP contribution is -2.44. The van der Waals surface area contributed by atoms with E-state index in [9.17, 15) is 8.42 Å². The maximum absolute atomic E-state index is 12.8. The summed E-state index contributed by atoms with van der Waals surface area (Å²) in [6.07, 6.45) is 4.51. The molecule has 1 aromatic heterocycles. The van der Waals surface area contributed by atoms with Gasteiger partial charge in [0.05, 0.1) is 17.2 Å². The Morgan fingerprint density at radius 1 is 0.800 bits per heavy atom. The largest absolute Gasteiger partial charge is 0.354 e. The first-order chi connectivity index (χ1) is 12.1. The summed E-state index contributed by atoms with van der Waals surface area (Å²) in [5.41, 5.74) is 1.74. The minimum Gasteiger partial charge on any atom is -0.354 e. The molecule has 0 N–H and O–H groups in total. The minimum atomic E-state index is -3.32. The lowest BCUT2D eigenvalue weighted by molar-refractivity contribution is 0.373. The summed E-state index contributed by atoms with van der Waals surface area (Å²) in [4.78, 5) is 11.3. The van der Waals surface area contributed by atoms with E-state index in [0.717, 1.165) is 42.7 Å². The lowest BCUT2D eigenvalue weighted by Gasteiger charge is -2.26. The SMILES string of the molecule is O=S(=O)(N1CCCC1)N1CCCN(c2cnc3ccccc3n2)CC1. The normalized spacial score (nSPS) is 20.9. The van der Waals surface area contributed by atoms with Crippen molar-refractivity contribution < 1.29 is 8.42 Å². The summed E-state index contributed by atoms with van der Waals surface area (Å²) < 4.78 is 28.8. The van der Waals surface area contributed by atoms with E-state index in [4.69, 9.17) is 4.98 Å². The molecule has 2 fully saturated rings. The average molecular weight is 361 g/mol. The molecule has 2 aliphatic rings. The van der Waals surface area contributed by atoms with Crippen molar-refractivity contribution in [1.29, 1.82) is 0 Å². The molecule has 134 valence electrons. The summed E-state index contributed by atoms with van der Waals surface area (Å²) in [5, 5.41) is 0. The van der Waals surface area contributed by atoms with Crippen LogP contribution in [0.15, 0.2) is 30.5 Å². The molecule has 2 aromatic rings. The van der Waals surface area contributed by atoms with Gasteiger partial charge in [-0.05, 0) is 31.4 Å². The van der Waals surface area contributed by atoms with Crippen molar-refractivity contribution in [3.63, 3.8) is 0 Å². The zero-order valence-electron chi connectivity index (χ0n) is 14.2. The van der Waals surface area contributed by atoms with Crippen LogP contribution in [0.25, 0.3) is 11.0 Å². The molecule has 0 spiro atoms. The van der Waals surface area contributed by atoms with Crippen LogP contribution >= 0.6 is 0 Å². The summed E-state index contributed by atoms with van der Waals surface area (Å²) in [6.45, 7) is 3.79. The maximum atomic E-state index is 12.8. The highest BCUT2D eigenvalue weighted by atomic mass is 32.2. The zero-order chi connectivity index (χ0) is 17.3. The van der Waals surface area contributed by atoms with Crippen LogP contribution in [0.4, 0.5) is 5.82 Å². The van der Waals surface area contributed by atoms with Crippen LogP contribution in [0.1, 0.15) is 19.3 Å². The quantitative estimate of drug-likeness (QED) is 0.828. The van der Waals surface area contributed by atoms with E-state index in [-0.39, 0.29) is 0 Å². The van der Waals surface area contributed by atoms with E-state index in [1.807, 2.05) is 24.3 Å². The number of rotatable bonds is 3. The third kappa shape index (κ3) is 3.33. The van der Waals surface area contributed by atoms with E-state index in [0.29, 0.717) is 32.7 Å². The van der Waals surface area contributed by atoms with Gasteiger partial charge >= 0.3 is 0 Å². The van der Waals surface area contributed by atoms with Gasteiger partial charge in [0.2, 0.25) is 0 Å². The summed E-state index contributed by atoms with van der Waals surface area (Å²) in [5.74, 6) is 0.819. The van der Waals surface area contributed by atoms with Gasteiger partial charge in [-0.25, -0.2) is 4.98 Å². The molecule has 0 radical (unpaired) electrons. The van der Waals surface area contributed by atoms with E-state index in [2.05, 4.69) is 9.88 Å². The van der Waals surface area contributed by atoms with Crippen LogP contribution in [0, 0.1) is 0 Å². The second kappa shape index (κ2) is 6.86. The van der Waals surface area contributed by atoms with E-state index >= 15 is 0 Å². The molecular weight excluding hydrogens is 338 g/mol. The Kier molecular flexibility index (Phi) is 4.58. The number of benzene rings is 1. The van der Waals surface area contributed by atoms with Gasteiger partial charge in [-0.1, -0.05) is 12.1 Å². The zero-order valence-corrected chi connectivity index (χ0v) is 15.0. The van der Waals surface area contributed by atoms with Crippen LogP contribution in [-0.4, -0.2) is 66.3 Å². The lowest BCUT2D eigenvalue weighted by atomic mass is 10.3. The number of para-hydroxylation sites is 2. The van der Waals surface area contributed by atoms with Gasteiger partial charge < -0.3 is 4.90 Å². The molecule has 0 atom stereocenters. The van der Waals surface area contributed by atoms with Crippen molar-refractivity contribution in [3.05, 3.63) is 30.5 Å². The predicted octanol–water partition coefficient (Wildman–Crippen LogP) is 1.48.